The molecule has 4 heteroatoms. The van der Waals surface area contributed by atoms with E-state index >= 15 is 0 Å². The van der Waals surface area contributed by atoms with Gasteiger partial charge < -0.3 is 10.4 Å². The number of carbonyl (C=O) groups excluding carboxylic acids is 1. The van der Waals surface area contributed by atoms with Crippen LogP contribution in [0, 0.1) is 11.3 Å². The van der Waals surface area contributed by atoms with Crippen molar-refractivity contribution in [3.05, 3.63) is 35.9 Å². The lowest BCUT2D eigenvalue weighted by Gasteiger charge is -2.38. The molecular formula is C17H23NO3. The molecule has 114 valence electrons. The SMILES string of the molecule is CC(C)(NC(=O)[C@H]1C[C@H]1c1ccccc1)C(C)(C)C(=O)O. The maximum absolute atomic E-state index is 12.4. The topological polar surface area (TPSA) is 66.4 Å². The number of carboxylic acids is 1. The molecule has 0 saturated heterocycles. The summed E-state index contributed by atoms with van der Waals surface area (Å²) >= 11 is 0. The van der Waals surface area contributed by atoms with Crippen LogP contribution in [0.25, 0.3) is 0 Å². The third-order valence-electron chi connectivity index (χ3n) is 4.89. The number of nitrogens with one attached hydrogen (secondary N) is 1. The highest BCUT2D eigenvalue weighted by atomic mass is 16.4. The van der Waals surface area contributed by atoms with Gasteiger partial charge in [-0.25, -0.2) is 0 Å². The minimum Gasteiger partial charge on any atom is -0.481 e. The predicted octanol–water partition coefficient (Wildman–Crippen LogP) is 2.80. The fourth-order valence-electron chi connectivity index (χ4n) is 2.38. The number of carboxylic acid groups (broad SMARTS) is 1. The molecule has 0 heterocycles. The number of amides is 1. The van der Waals surface area contributed by atoms with Crippen molar-refractivity contribution in [2.24, 2.45) is 11.3 Å². The largest absolute Gasteiger partial charge is 0.481 e. The second kappa shape index (κ2) is 5.17. The van der Waals surface area contributed by atoms with Crippen LogP contribution >= 0.6 is 0 Å². The van der Waals surface area contributed by atoms with E-state index in [-0.39, 0.29) is 17.7 Å². The van der Waals surface area contributed by atoms with Crippen molar-refractivity contribution in [2.45, 2.75) is 45.6 Å². The fourth-order valence-corrected chi connectivity index (χ4v) is 2.38. The molecule has 0 bridgehead atoms. The van der Waals surface area contributed by atoms with Crippen molar-refractivity contribution in [2.75, 3.05) is 0 Å². The number of carbonyl (C=O) groups is 2. The summed E-state index contributed by atoms with van der Waals surface area (Å²) in [6.07, 6.45) is 0.833. The van der Waals surface area contributed by atoms with Gasteiger partial charge in [0.25, 0.3) is 0 Å². The second-order valence-electron chi connectivity index (χ2n) is 6.90. The summed E-state index contributed by atoms with van der Waals surface area (Å²) < 4.78 is 0. The van der Waals surface area contributed by atoms with Crippen LogP contribution in [0.4, 0.5) is 0 Å². The molecule has 1 amide bonds. The van der Waals surface area contributed by atoms with Gasteiger partial charge in [-0.3, -0.25) is 9.59 Å². The van der Waals surface area contributed by atoms with Gasteiger partial charge in [0.15, 0.2) is 0 Å². The summed E-state index contributed by atoms with van der Waals surface area (Å²) in [7, 11) is 0. The maximum Gasteiger partial charge on any atom is 0.311 e. The second-order valence-corrected chi connectivity index (χ2v) is 6.90. The van der Waals surface area contributed by atoms with E-state index < -0.39 is 16.9 Å². The van der Waals surface area contributed by atoms with Gasteiger partial charge in [0, 0.05) is 11.5 Å². The van der Waals surface area contributed by atoms with Crippen LogP contribution in [0.1, 0.15) is 45.6 Å². The number of hydrogen-bond donors (Lipinski definition) is 2. The molecule has 0 aromatic heterocycles. The van der Waals surface area contributed by atoms with E-state index in [4.69, 9.17) is 0 Å². The molecule has 21 heavy (non-hydrogen) atoms. The molecule has 1 aromatic carbocycles. The van der Waals surface area contributed by atoms with Crippen molar-refractivity contribution >= 4 is 11.9 Å². The third kappa shape index (κ3) is 2.94. The average Bonchev–Trinajstić information content (AvgIpc) is 3.19. The Kier molecular flexibility index (Phi) is 3.83. The molecule has 1 aromatic rings. The van der Waals surface area contributed by atoms with Crippen molar-refractivity contribution in [1.82, 2.24) is 5.32 Å². The van der Waals surface area contributed by atoms with Gasteiger partial charge in [0.2, 0.25) is 5.91 Å². The van der Waals surface area contributed by atoms with E-state index in [1.807, 2.05) is 30.3 Å². The smallest absolute Gasteiger partial charge is 0.311 e. The molecular weight excluding hydrogens is 266 g/mol. The van der Waals surface area contributed by atoms with Crippen LogP contribution in [0.15, 0.2) is 30.3 Å². The Morgan fingerprint density at radius 2 is 1.71 bits per heavy atom. The van der Waals surface area contributed by atoms with Crippen LogP contribution in [-0.2, 0) is 9.59 Å². The minimum absolute atomic E-state index is 0.0451. The van der Waals surface area contributed by atoms with Gasteiger partial charge in [-0.05, 0) is 45.6 Å². The Hall–Kier alpha value is -1.84. The van der Waals surface area contributed by atoms with E-state index in [2.05, 4.69) is 5.32 Å². The standard InChI is InChI=1S/C17H23NO3/c1-16(2,15(20)21)17(3,4)18-14(19)13-10-12(13)11-8-6-5-7-9-11/h5-9,12-13H,10H2,1-4H3,(H,18,19)(H,20,21)/t12-,13-/m0/s1. The highest BCUT2D eigenvalue weighted by Gasteiger charge is 2.49. The first-order chi connectivity index (χ1) is 9.67. The summed E-state index contributed by atoms with van der Waals surface area (Å²) in [4.78, 5) is 23.7. The van der Waals surface area contributed by atoms with Crippen LogP contribution in [0.2, 0.25) is 0 Å². The van der Waals surface area contributed by atoms with Crippen molar-refractivity contribution in [3.63, 3.8) is 0 Å². The zero-order valence-corrected chi connectivity index (χ0v) is 13.0. The van der Waals surface area contributed by atoms with Crippen molar-refractivity contribution in [1.29, 1.82) is 0 Å². The molecule has 1 aliphatic rings. The molecule has 1 saturated carbocycles. The van der Waals surface area contributed by atoms with E-state index in [1.54, 1.807) is 27.7 Å². The van der Waals surface area contributed by atoms with Crippen LogP contribution in [0.3, 0.4) is 0 Å². The van der Waals surface area contributed by atoms with Gasteiger partial charge in [-0.1, -0.05) is 30.3 Å². The maximum atomic E-state index is 12.4. The lowest BCUT2D eigenvalue weighted by Crippen LogP contribution is -2.57. The number of benzene rings is 1. The Morgan fingerprint density at radius 3 is 2.24 bits per heavy atom. The van der Waals surface area contributed by atoms with Gasteiger partial charge in [-0.2, -0.15) is 0 Å². The van der Waals surface area contributed by atoms with E-state index in [9.17, 15) is 14.7 Å². The van der Waals surface area contributed by atoms with E-state index in [0.717, 1.165) is 6.42 Å². The highest BCUT2D eigenvalue weighted by Crippen LogP contribution is 2.48. The summed E-state index contributed by atoms with van der Waals surface area (Å²) in [5, 5.41) is 12.2. The van der Waals surface area contributed by atoms with Crippen LogP contribution in [0.5, 0.6) is 0 Å². The van der Waals surface area contributed by atoms with Crippen LogP contribution < -0.4 is 5.32 Å². The Morgan fingerprint density at radius 1 is 1.14 bits per heavy atom. The predicted molar refractivity (Wildman–Crippen MR) is 80.9 cm³/mol. The third-order valence-corrected chi connectivity index (χ3v) is 4.89. The molecule has 2 atom stereocenters. The molecule has 1 fully saturated rings. The molecule has 2 rings (SSSR count). The Balaban J connectivity index is 2.02. The lowest BCUT2D eigenvalue weighted by atomic mass is 9.74. The monoisotopic (exact) mass is 289 g/mol. The summed E-state index contributed by atoms with van der Waals surface area (Å²) in [6, 6.07) is 9.97. The molecule has 1 aliphatic carbocycles. The van der Waals surface area contributed by atoms with Crippen LogP contribution in [-0.4, -0.2) is 22.5 Å². The van der Waals surface area contributed by atoms with E-state index in [1.165, 1.54) is 5.56 Å². The first-order valence-electron chi connectivity index (χ1n) is 7.27. The van der Waals surface area contributed by atoms with Crippen molar-refractivity contribution in [3.8, 4) is 0 Å². The van der Waals surface area contributed by atoms with Gasteiger partial charge >= 0.3 is 5.97 Å². The molecule has 0 spiro atoms. The number of aliphatic carboxylic acids is 1. The first-order valence-corrected chi connectivity index (χ1v) is 7.27. The van der Waals surface area contributed by atoms with Crippen molar-refractivity contribution < 1.29 is 14.7 Å². The number of hydrogen-bond acceptors (Lipinski definition) is 2. The van der Waals surface area contributed by atoms with Gasteiger partial charge in [0.1, 0.15) is 0 Å². The lowest BCUT2D eigenvalue weighted by molar-refractivity contribution is -0.151. The zero-order valence-electron chi connectivity index (χ0n) is 13.0. The first kappa shape index (κ1) is 15.5. The Labute approximate surface area is 125 Å². The molecule has 2 N–H and O–H groups in total. The average molecular weight is 289 g/mol. The fraction of sp³-hybridized carbons (Fsp3) is 0.529. The molecule has 0 aliphatic heterocycles. The normalized spacial score (nSPS) is 21.7. The van der Waals surface area contributed by atoms with Gasteiger partial charge in [0.05, 0.1) is 5.41 Å². The zero-order chi connectivity index (χ0) is 15.8. The molecule has 4 nitrogen and oxygen atoms in total. The highest BCUT2D eigenvalue weighted by molar-refractivity contribution is 5.85. The number of rotatable bonds is 5. The van der Waals surface area contributed by atoms with E-state index in [0.29, 0.717) is 0 Å². The Bertz CT molecular complexity index is 548. The van der Waals surface area contributed by atoms with Gasteiger partial charge in [-0.15, -0.1) is 0 Å². The summed E-state index contributed by atoms with van der Waals surface area (Å²) in [6.45, 7) is 6.80. The minimum atomic E-state index is -1.03. The summed E-state index contributed by atoms with van der Waals surface area (Å²) in [5.74, 6) is -0.752. The molecule has 0 radical (unpaired) electrons. The summed E-state index contributed by atoms with van der Waals surface area (Å²) in [5.41, 5.74) is -0.660. The molecule has 0 unspecified atom stereocenters. The quantitative estimate of drug-likeness (QED) is 0.876.